The first-order chi connectivity index (χ1) is 20.7. The quantitative estimate of drug-likeness (QED) is 0.172. The van der Waals surface area contributed by atoms with Gasteiger partial charge in [0.2, 0.25) is 0 Å². The maximum atomic E-state index is 2.41. The fraction of sp³-hybridized carbons (Fsp3) is 0.0769. The third-order valence-corrected chi connectivity index (χ3v) is 13.5. The molecule has 0 atom stereocenters. The second-order valence-electron chi connectivity index (χ2n) is 14.8. The number of hydrogen-bond acceptors (Lipinski definition) is 0. The third kappa shape index (κ3) is 4.86. The van der Waals surface area contributed by atoms with Crippen molar-refractivity contribution in [3.63, 3.8) is 0 Å². The van der Waals surface area contributed by atoms with E-state index in [1.54, 1.807) is 0 Å². The lowest BCUT2D eigenvalue weighted by Crippen LogP contribution is -2.69. The Hall–Kier alpha value is -1.89. The van der Waals surface area contributed by atoms with Crippen LogP contribution in [0.3, 0.4) is 0 Å². The lowest BCUT2D eigenvalue weighted by Gasteiger charge is -2.49. The van der Waals surface area contributed by atoms with E-state index >= 15 is 0 Å². The molecule has 45 heavy (non-hydrogen) atoms. The van der Waals surface area contributed by atoms with Crippen molar-refractivity contribution in [2.75, 3.05) is 0 Å². The van der Waals surface area contributed by atoms with Crippen molar-refractivity contribution in [1.82, 2.24) is 0 Å². The molecule has 0 aromatic heterocycles. The zero-order valence-corrected chi connectivity index (χ0v) is 32.5. The summed E-state index contributed by atoms with van der Waals surface area (Å²) in [5.74, 6) is 0. The molecular weight excluding hydrogens is 518 g/mol. The predicted octanol–water partition coefficient (Wildman–Crippen LogP) is -26.7. The van der Waals surface area contributed by atoms with E-state index in [-0.39, 0.29) is 0 Å². The van der Waals surface area contributed by atoms with E-state index in [2.05, 4.69) is 156 Å². The van der Waals surface area contributed by atoms with E-state index in [0.29, 0.717) is 0 Å². The molecule has 202 valence electrons. The molecule has 0 nitrogen and oxygen atoms in total. The molecular formula is C26H41B19. The topological polar surface area (TPSA) is 0 Å². The zero-order chi connectivity index (χ0) is 34.4. The molecule has 0 unspecified atom stereocenters. The summed E-state index contributed by atoms with van der Waals surface area (Å²) < 4.78 is 0. The van der Waals surface area contributed by atoms with Crippen LogP contribution in [0, 0.1) is 6.92 Å². The first kappa shape index (κ1) is 36.0. The Morgan fingerprint density at radius 2 is 0.378 bits per heavy atom. The average molecular weight is 559 g/mol. The van der Waals surface area contributed by atoms with Gasteiger partial charge in [-0.3, -0.25) is 0 Å². The van der Waals surface area contributed by atoms with Gasteiger partial charge < -0.3 is 0 Å². The minimum absolute atomic E-state index is 0.510. The van der Waals surface area contributed by atoms with Gasteiger partial charge in [-0.25, -0.2) is 0 Å². The van der Waals surface area contributed by atoms with Gasteiger partial charge in [0, 0.05) is 0 Å². The highest BCUT2D eigenvalue weighted by Gasteiger charge is 2.47. The van der Waals surface area contributed by atoms with Crippen LogP contribution in [0.4, 0.5) is 0 Å². The minimum Gasteiger partial charge on any atom is -0.102 e. The van der Waals surface area contributed by atoms with Crippen molar-refractivity contribution in [3.8, 4) is 0 Å². The number of rotatable bonds is 4. The summed E-state index contributed by atoms with van der Waals surface area (Å²) in [4.78, 5) is 0. The molecule has 0 amide bonds. The molecule has 0 bridgehead atoms. The maximum absolute atomic E-state index is 2.41. The van der Waals surface area contributed by atoms with Gasteiger partial charge in [0.25, 0.3) is 0 Å². The molecule has 19 heteroatoms. The van der Waals surface area contributed by atoms with Crippen molar-refractivity contribution in [1.29, 1.82) is 0 Å². The standard InChI is InChI=1S/C26H41B19/c1-2-7(27)3(9(29)16(36)8(2)28)26(4-10(30)17(37)23(43)18(38)11(4)31,5-12(32)19(39)24(44)20(40)13(5)33)6-14(34)21(41)25(45)22(42)15(6)35/h27-45H2,1H3. The van der Waals surface area contributed by atoms with Crippen LogP contribution >= 0.6 is 0 Å². The van der Waals surface area contributed by atoms with Crippen LogP contribution < -0.4 is 104 Å². The van der Waals surface area contributed by atoms with Gasteiger partial charge in [-0.05, 0) is 29.2 Å². The smallest absolute Gasteiger partial charge is 0.102 e. The van der Waals surface area contributed by atoms with Crippen molar-refractivity contribution < 1.29 is 0 Å². The predicted molar refractivity (Wildman–Crippen MR) is 265 cm³/mol. The SMILES string of the molecule is Bc1c(B)c(B)c(C(c2c(B)c(B)c(B)c(B)c2B)(c2c(B)c(B)c(B)c(B)c2B)c2c(B)c(B)c(B)c(C)c2B)c(B)c1B. The van der Waals surface area contributed by atoms with E-state index < -0.39 is 5.41 Å². The van der Waals surface area contributed by atoms with Gasteiger partial charge in [-0.1, -0.05) is 54.7 Å². The van der Waals surface area contributed by atoms with E-state index in [1.165, 1.54) is 132 Å². The maximum Gasteiger partial charge on any atom is 0.140 e. The summed E-state index contributed by atoms with van der Waals surface area (Å²) in [5.41, 5.74) is 33.8. The normalized spacial score (nSPS) is 11.6. The Kier molecular flexibility index (Phi) is 9.82. The van der Waals surface area contributed by atoms with Crippen molar-refractivity contribution >= 4 is 253 Å². The van der Waals surface area contributed by atoms with Crippen LogP contribution in [-0.4, -0.2) is 149 Å². The molecule has 4 rings (SSSR count). The van der Waals surface area contributed by atoms with Crippen molar-refractivity contribution in [2.24, 2.45) is 0 Å². The second-order valence-corrected chi connectivity index (χ2v) is 14.8. The van der Waals surface area contributed by atoms with E-state index in [4.69, 9.17) is 0 Å². The molecule has 0 aliphatic heterocycles. The van der Waals surface area contributed by atoms with Crippen LogP contribution in [-0.2, 0) is 5.41 Å². The summed E-state index contributed by atoms with van der Waals surface area (Å²) in [6, 6.07) is 0. The zero-order valence-electron chi connectivity index (χ0n) is 32.5. The van der Waals surface area contributed by atoms with Gasteiger partial charge in [0.1, 0.15) is 149 Å². The van der Waals surface area contributed by atoms with E-state index in [9.17, 15) is 0 Å². The molecule has 0 saturated heterocycles. The van der Waals surface area contributed by atoms with Crippen molar-refractivity contribution in [2.45, 2.75) is 12.3 Å². The molecule has 0 N–H and O–H groups in total. The van der Waals surface area contributed by atoms with Crippen LogP contribution in [0.2, 0.25) is 0 Å². The first-order valence-corrected chi connectivity index (χ1v) is 17.0. The molecule has 0 fully saturated rings. The summed E-state index contributed by atoms with van der Waals surface area (Å²) in [6.07, 6.45) is 0. The monoisotopic (exact) mass is 562 g/mol. The van der Waals surface area contributed by atoms with Gasteiger partial charge in [0.05, 0.1) is 5.41 Å². The Morgan fingerprint density at radius 1 is 0.222 bits per heavy atom. The van der Waals surface area contributed by atoms with Gasteiger partial charge in [-0.2, -0.15) is 0 Å². The second kappa shape index (κ2) is 12.3. The summed E-state index contributed by atoms with van der Waals surface area (Å²) in [7, 11) is 45.1. The summed E-state index contributed by atoms with van der Waals surface area (Å²) in [5, 5.41) is 0. The van der Waals surface area contributed by atoms with Crippen LogP contribution in [0.5, 0.6) is 0 Å². The summed E-state index contributed by atoms with van der Waals surface area (Å²) in [6.45, 7) is 2.35. The molecule has 4 aromatic carbocycles. The van der Waals surface area contributed by atoms with Crippen LogP contribution in [0.25, 0.3) is 0 Å². The summed E-state index contributed by atoms with van der Waals surface area (Å²) >= 11 is 0. The lowest BCUT2D eigenvalue weighted by molar-refractivity contribution is 0.791. The largest absolute Gasteiger partial charge is 0.140 e. The Labute approximate surface area is 291 Å². The third-order valence-electron chi connectivity index (χ3n) is 13.5. The number of benzene rings is 4. The minimum atomic E-state index is -0.510. The van der Waals surface area contributed by atoms with Gasteiger partial charge in [0.15, 0.2) is 0 Å². The highest BCUT2D eigenvalue weighted by molar-refractivity contribution is 6.71. The molecule has 4 aromatic rings. The Bertz CT molecular complexity index is 1560. The van der Waals surface area contributed by atoms with E-state index in [0.717, 1.165) is 0 Å². The van der Waals surface area contributed by atoms with Crippen LogP contribution in [0.15, 0.2) is 0 Å². The Balaban J connectivity index is 2.69. The number of hydrogen-bond donors (Lipinski definition) is 0. The van der Waals surface area contributed by atoms with Crippen molar-refractivity contribution in [3.05, 3.63) is 27.8 Å². The molecule has 0 radical (unpaired) electrons. The molecule has 0 heterocycles. The Morgan fingerprint density at radius 3 is 0.600 bits per heavy atom. The average Bonchev–Trinajstić information content (AvgIpc) is 3.00. The lowest BCUT2D eigenvalue weighted by atomic mass is 9.43. The fourth-order valence-electron chi connectivity index (χ4n) is 9.00. The fourth-order valence-corrected chi connectivity index (χ4v) is 9.00. The van der Waals surface area contributed by atoms with Gasteiger partial charge in [-0.15, -0.1) is 54.6 Å². The highest BCUT2D eigenvalue weighted by Crippen LogP contribution is 2.38. The first-order valence-electron chi connectivity index (χ1n) is 17.0. The highest BCUT2D eigenvalue weighted by atomic mass is 14.5. The molecule has 0 aliphatic carbocycles. The molecule has 0 spiro atoms. The van der Waals surface area contributed by atoms with Gasteiger partial charge >= 0.3 is 0 Å². The van der Waals surface area contributed by atoms with Crippen LogP contribution in [0.1, 0.15) is 27.8 Å². The molecule has 0 saturated carbocycles. The van der Waals surface area contributed by atoms with E-state index in [1.807, 2.05) is 0 Å². The molecule has 0 aliphatic rings.